The molecule has 0 saturated carbocycles. The van der Waals surface area contributed by atoms with Crippen molar-refractivity contribution in [2.24, 2.45) is 0 Å². The Hall–Kier alpha value is -2.28. The van der Waals surface area contributed by atoms with Gasteiger partial charge in [-0.1, -0.05) is 0 Å². The summed E-state index contributed by atoms with van der Waals surface area (Å²) in [7, 11) is 6.05. The predicted octanol–water partition coefficient (Wildman–Crippen LogP) is 1.43. The van der Waals surface area contributed by atoms with Gasteiger partial charge < -0.3 is 9.80 Å². The molecule has 0 amide bonds. The number of nitrogens with zero attached hydrogens (tertiary/aromatic N) is 7. The van der Waals surface area contributed by atoms with E-state index in [0.29, 0.717) is 6.04 Å². The Morgan fingerprint density at radius 1 is 1.08 bits per heavy atom. The average molecular weight is 327 g/mol. The lowest BCUT2D eigenvalue weighted by Gasteiger charge is -2.37. The van der Waals surface area contributed by atoms with Crippen molar-refractivity contribution in [1.82, 2.24) is 24.8 Å². The maximum atomic E-state index is 4.64. The Balaban J connectivity index is 1.57. The van der Waals surface area contributed by atoms with E-state index in [0.717, 1.165) is 49.9 Å². The lowest BCUT2D eigenvalue weighted by atomic mass is 10.0. The molecule has 0 atom stereocenters. The van der Waals surface area contributed by atoms with Crippen molar-refractivity contribution < 1.29 is 0 Å². The van der Waals surface area contributed by atoms with Gasteiger partial charge in [0.1, 0.15) is 5.82 Å². The van der Waals surface area contributed by atoms with Gasteiger partial charge in [0, 0.05) is 71.6 Å². The van der Waals surface area contributed by atoms with Crippen molar-refractivity contribution in [3.63, 3.8) is 0 Å². The number of hydrogen-bond acceptors (Lipinski definition) is 7. The van der Waals surface area contributed by atoms with E-state index < -0.39 is 0 Å². The van der Waals surface area contributed by atoms with Gasteiger partial charge in [0.2, 0.25) is 5.95 Å². The first-order valence-corrected chi connectivity index (χ1v) is 8.34. The molecule has 3 heterocycles. The third-order valence-electron chi connectivity index (χ3n) is 4.50. The molecular formula is C17H25N7. The molecule has 2 aromatic heterocycles. The lowest BCUT2D eigenvalue weighted by Crippen LogP contribution is -2.43. The van der Waals surface area contributed by atoms with E-state index in [4.69, 9.17) is 0 Å². The highest BCUT2D eigenvalue weighted by atomic mass is 15.3. The molecule has 24 heavy (non-hydrogen) atoms. The molecule has 0 radical (unpaired) electrons. The van der Waals surface area contributed by atoms with Crippen molar-refractivity contribution in [3.05, 3.63) is 36.5 Å². The van der Waals surface area contributed by atoms with Crippen LogP contribution in [0.3, 0.4) is 0 Å². The molecule has 128 valence electrons. The predicted molar refractivity (Wildman–Crippen MR) is 95.1 cm³/mol. The first kappa shape index (κ1) is 16.6. The van der Waals surface area contributed by atoms with Crippen molar-refractivity contribution in [3.8, 4) is 0 Å². The SMILES string of the molecule is CN(C)c1nccc(N(C)C2CCN(Cc3cnccn3)CC2)n1. The van der Waals surface area contributed by atoms with Crippen LogP contribution >= 0.6 is 0 Å². The first-order valence-electron chi connectivity index (χ1n) is 8.34. The normalized spacial score (nSPS) is 16.1. The summed E-state index contributed by atoms with van der Waals surface area (Å²) in [6.45, 7) is 3.01. The number of hydrogen-bond donors (Lipinski definition) is 0. The zero-order valence-electron chi connectivity index (χ0n) is 14.6. The van der Waals surface area contributed by atoms with Gasteiger partial charge in [-0.3, -0.25) is 14.9 Å². The average Bonchev–Trinajstić information content (AvgIpc) is 2.63. The molecule has 0 N–H and O–H groups in total. The van der Waals surface area contributed by atoms with Gasteiger partial charge >= 0.3 is 0 Å². The molecule has 7 heteroatoms. The number of piperidine rings is 1. The van der Waals surface area contributed by atoms with Crippen LogP contribution in [0.4, 0.5) is 11.8 Å². The molecule has 0 unspecified atom stereocenters. The minimum atomic E-state index is 0.507. The molecule has 0 aromatic carbocycles. The van der Waals surface area contributed by atoms with Crippen LogP contribution in [0.15, 0.2) is 30.9 Å². The van der Waals surface area contributed by atoms with Crippen LogP contribution in [-0.2, 0) is 6.54 Å². The van der Waals surface area contributed by atoms with Crippen LogP contribution in [-0.4, -0.2) is 65.1 Å². The van der Waals surface area contributed by atoms with Crippen LogP contribution in [0, 0.1) is 0 Å². The largest absolute Gasteiger partial charge is 0.356 e. The molecule has 1 saturated heterocycles. The molecule has 7 nitrogen and oxygen atoms in total. The van der Waals surface area contributed by atoms with Gasteiger partial charge in [0.05, 0.1) is 5.69 Å². The Morgan fingerprint density at radius 2 is 1.88 bits per heavy atom. The summed E-state index contributed by atoms with van der Waals surface area (Å²) < 4.78 is 0. The molecule has 1 aliphatic heterocycles. The van der Waals surface area contributed by atoms with Crippen LogP contribution in [0.5, 0.6) is 0 Å². The Labute approximate surface area is 143 Å². The van der Waals surface area contributed by atoms with Gasteiger partial charge in [-0.15, -0.1) is 0 Å². The van der Waals surface area contributed by atoms with Crippen molar-refractivity contribution >= 4 is 11.8 Å². The number of anilines is 2. The standard InChI is InChI=1S/C17H25N7/c1-22(2)17-20-7-4-16(21-17)23(3)15-5-10-24(11-6-15)13-14-12-18-8-9-19-14/h4,7-9,12,15H,5-6,10-11,13H2,1-3H3. The molecule has 2 aromatic rings. The minimum Gasteiger partial charge on any atom is -0.356 e. The van der Waals surface area contributed by atoms with Gasteiger partial charge in [-0.2, -0.15) is 4.98 Å². The van der Waals surface area contributed by atoms with E-state index >= 15 is 0 Å². The summed E-state index contributed by atoms with van der Waals surface area (Å²) in [4.78, 5) is 24.1. The number of likely N-dealkylation sites (tertiary alicyclic amines) is 1. The highest BCUT2D eigenvalue weighted by Crippen LogP contribution is 2.22. The van der Waals surface area contributed by atoms with Crippen LogP contribution in [0.2, 0.25) is 0 Å². The van der Waals surface area contributed by atoms with Crippen molar-refractivity contribution in [1.29, 1.82) is 0 Å². The quantitative estimate of drug-likeness (QED) is 0.823. The van der Waals surface area contributed by atoms with Crippen LogP contribution in [0.1, 0.15) is 18.5 Å². The number of aromatic nitrogens is 4. The summed E-state index contributed by atoms with van der Waals surface area (Å²) in [5.41, 5.74) is 1.04. The fraction of sp³-hybridized carbons (Fsp3) is 0.529. The highest BCUT2D eigenvalue weighted by Gasteiger charge is 2.23. The van der Waals surface area contributed by atoms with Gasteiger partial charge in [-0.25, -0.2) is 4.98 Å². The van der Waals surface area contributed by atoms with Gasteiger partial charge in [0.15, 0.2) is 0 Å². The molecule has 1 fully saturated rings. The molecule has 3 rings (SSSR count). The summed E-state index contributed by atoms with van der Waals surface area (Å²) in [6.07, 6.45) is 9.40. The van der Waals surface area contributed by atoms with Crippen molar-refractivity contribution in [2.45, 2.75) is 25.4 Å². The fourth-order valence-corrected chi connectivity index (χ4v) is 3.04. The first-order chi connectivity index (χ1) is 11.6. The van der Waals surface area contributed by atoms with Crippen LogP contribution < -0.4 is 9.80 Å². The Bertz CT molecular complexity index is 638. The third-order valence-corrected chi connectivity index (χ3v) is 4.50. The summed E-state index contributed by atoms with van der Waals surface area (Å²) >= 11 is 0. The van der Waals surface area contributed by atoms with E-state index in [2.05, 4.69) is 36.8 Å². The van der Waals surface area contributed by atoms with Crippen molar-refractivity contribution in [2.75, 3.05) is 44.0 Å². The lowest BCUT2D eigenvalue weighted by molar-refractivity contribution is 0.201. The topological polar surface area (TPSA) is 61.3 Å². The second kappa shape index (κ2) is 7.53. The maximum absolute atomic E-state index is 4.64. The van der Waals surface area contributed by atoms with E-state index in [1.807, 2.05) is 37.5 Å². The minimum absolute atomic E-state index is 0.507. The van der Waals surface area contributed by atoms with E-state index in [1.54, 1.807) is 12.4 Å². The second-order valence-electron chi connectivity index (χ2n) is 6.42. The zero-order valence-corrected chi connectivity index (χ0v) is 14.6. The van der Waals surface area contributed by atoms with E-state index in [9.17, 15) is 0 Å². The molecular weight excluding hydrogens is 302 g/mol. The van der Waals surface area contributed by atoms with E-state index in [1.165, 1.54) is 0 Å². The van der Waals surface area contributed by atoms with Gasteiger partial charge in [-0.05, 0) is 18.9 Å². The summed E-state index contributed by atoms with van der Waals surface area (Å²) in [6, 6.07) is 2.49. The molecule has 0 spiro atoms. The smallest absolute Gasteiger partial charge is 0.226 e. The van der Waals surface area contributed by atoms with Crippen LogP contribution in [0.25, 0.3) is 0 Å². The molecule has 1 aliphatic rings. The summed E-state index contributed by atoms with van der Waals surface area (Å²) in [5, 5.41) is 0. The monoisotopic (exact) mass is 327 g/mol. The Morgan fingerprint density at radius 3 is 2.54 bits per heavy atom. The maximum Gasteiger partial charge on any atom is 0.226 e. The Kier molecular flexibility index (Phi) is 5.20. The zero-order chi connectivity index (χ0) is 16.9. The highest BCUT2D eigenvalue weighted by molar-refractivity contribution is 5.43. The molecule has 0 bridgehead atoms. The van der Waals surface area contributed by atoms with Gasteiger partial charge in [0.25, 0.3) is 0 Å². The summed E-state index contributed by atoms with van der Waals surface area (Å²) in [5.74, 6) is 1.74. The molecule has 0 aliphatic carbocycles. The number of rotatable bonds is 5. The third kappa shape index (κ3) is 3.97. The fourth-order valence-electron chi connectivity index (χ4n) is 3.04. The van der Waals surface area contributed by atoms with E-state index in [-0.39, 0.29) is 0 Å². The second-order valence-corrected chi connectivity index (χ2v) is 6.42.